The van der Waals surface area contributed by atoms with Crippen LogP contribution in [0.3, 0.4) is 0 Å². The summed E-state index contributed by atoms with van der Waals surface area (Å²) >= 11 is 4.73. The maximum Gasteiger partial charge on any atom is 0.321 e. The molecule has 0 aromatic heterocycles. The van der Waals surface area contributed by atoms with Gasteiger partial charge in [0.1, 0.15) is 0 Å². The Hall–Kier alpha value is -1.62. The van der Waals surface area contributed by atoms with Gasteiger partial charge in [0.2, 0.25) is 0 Å². The van der Waals surface area contributed by atoms with Gasteiger partial charge in [0.05, 0.1) is 11.5 Å². The number of anilines is 1. The molecule has 0 atom stereocenters. The molecule has 0 saturated carbocycles. The fraction of sp³-hybridized carbons (Fsp3) is 0.273. The zero-order valence-electron chi connectivity index (χ0n) is 9.36. The van der Waals surface area contributed by atoms with Gasteiger partial charge in [0.15, 0.2) is 0 Å². The van der Waals surface area contributed by atoms with Crippen molar-refractivity contribution in [3.05, 3.63) is 29.8 Å². The normalized spacial score (nSPS) is 9.62. The van der Waals surface area contributed by atoms with Crippen LogP contribution in [0.15, 0.2) is 24.3 Å². The fourth-order valence-electron chi connectivity index (χ4n) is 1.25. The molecule has 16 heavy (non-hydrogen) atoms. The quantitative estimate of drug-likeness (QED) is 0.787. The number of nitrogens with two attached hydrogens (primary N) is 1. The molecule has 2 amide bonds. The average molecular weight is 237 g/mol. The van der Waals surface area contributed by atoms with Crippen LogP contribution < -0.4 is 11.1 Å². The van der Waals surface area contributed by atoms with Gasteiger partial charge in [0, 0.05) is 12.7 Å². The summed E-state index contributed by atoms with van der Waals surface area (Å²) in [5, 5.41) is 2.76. The number of thiocarbonyl (C=S) groups is 1. The molecule has 0 aliphatic heterocycles. The molecule has 0 heterocycles. The van der Waals surface area contributed by atoms with E-state index in [0.717, 1.165) is 11.3 Å². The van der Waals surface area contributed by atoms with Crippen LogP contribution >= 0.6 is 12.2 Å². The molecule has 1 aromatic carbocycles. The van der Waals surface area contributed by atoms with Gasteiger partial charge < -0.3 is 16.0 Å². The number of carbonyl (C=O) groups excluding carboxylic acids is 1. The van der Waals surface area contributed by atoms with Crippen LogP contribution in [0.5, 0.6) is 0 Å². The lowest BCUT2D eigenvalue weighted by Crippen LogP contribution is -2.37. The van der Waals surface area contributed by atoms with Gasteiger partial charge >= 0.3 is 6.03 Å². The third-order valence-corrected chi connectivity index (χ3v) is 2.14. The van der Waals surface area contributed by atoms with E-state index >= 15 is 0 Å². The van der Waals surface area contributed by atoms with Crippen LogP contribution in [0.2, 0.25) is 0 Å². The highest BCUT2D eigenvalue weighted by Crippen LogP contribution is 2.09. The topological polar surface area (TPSA) is 58.4 Å². The summed E-state index contributed by atoms with van der Waals surface area (Å²) in [5.74, 6) is 0. The summed E-state index contributed by atoms with van der Waals surface area (Å²) in [7, 11) is 1.64. The van der Waals surface area contributed by atoms with Crippen molar-refractivity contribution in [1.29, 1.82) is 0 Å². The number of benzene rings is 1. The number of carbonyl (C=O) groups is 1. The van der Waals surface area contributed by atoms with E-state index < -0.39 is 0 Å². The number of nitrogens with one attached hydrogen (secondary N) is 1. The summed E-state index contributed by atoms with van der Waals surface area (Å²) in [4.78, 5) is 13.4. The Kier molecular flexibility index (Phi) is 4.25. The molecule has 4 nitrogen and oxygen atoms in total. The standard InChI is InChI=1S/C11H15N3OS/c1-8-4-3-5-9(6-8)13-11(15)14(2)7-10(12)16/h3-6H,7H2,1-2H3,(H2,12,16)(H,13,15). The van der Waals surface area contributed by atoms with Crippen LogP contribution in [-0.4, -0.2) is 29.5 Å². The van der Waals surface area contributed by atoms with Crippen molar-refractivity contribution in [1.82, 2.24) is 4.90 Å². The summed E-state index contributed by atoms with van der Waals surface area (Å²) in [5.41, 5.74) is 7.21. The molecule has 0 unspecified atom stereocenters. The first-order chi connectivity index (χ1) is 7.49. The van der Waals surface area contributed by atoms with Crippen molar-refractivity contribution in [2.24, 2.45) is 5.73 Å². The number of hydrogen-bond donors (Lipinski definition) is 2. The second kappa shape index (κ2) is 5.46. The third-order valence-electron chi connectivity index (χ3n) is 2.01. The van der Waals surface area contributed by atoms with Crippen LogP contribution in [0.1, 0.15) is 5.56 Å². The first kappa shape index (κ1) is 12.4. The van der Waals surface area contributed by atoms with Crippen LogP contribution in [0, 0.1) is 6.92 Å². The number of aryl methyl sites for hydroxylation is 1. The number of rotatable bonds is 3. The van der Waals surface area contributed by atoms with Gasteiger partial charge in [-0.15, -0.1) is 0 Å². The van der Waals surface area contributed by atoms with Crippen molar-refractivity contribution in [2.45, 2.75) is 6.92 Å². The summed E-state index contributed by atoms with van der Waals surface area (Å²) in [6, 6.07) is 7.36. The smallest absolute Gasteiger partial charge is 0.321 e. The van der Waals surface area contributed by atoms with E-state index in [1.807, 2.05) is 31.2 Å². The second-order valence-electron chi connectivity index (χ2n) is 3.62. The van der Waals surface area contributed by atoms with E-state index in [9.17, 15) is 4.79 Å². The van der Waals surface area contributed by atoms with E-state index in [1.165, 1.54) is 4.90 Å². The molecule has 0 bridgehead atoms. The largest absolute Gasteiger partial charge is 0.392 e. The lowest BCUT2D eigenvalue weighted by Gasteiger charge is -2.17. The lowest BCUT2D eigenvalue weighted by atomic mass is 10.2. The molecule has 86 valence electrons. The summed E-state index contributed by atoms with van der Waals surface area (Å²) < 4.78 is 0. The molecule has 0 aliphatic rings. The Morgan fingerprint density at radius 2 is 2.25 bits per heavy atom. The maximum atomic E-state index is 11.7. The SMILES string of the molecule is Cc1cccc(NC(=O)N(C)CC(N)=S)c1. The van der Waals surface area contributed by atoms with E-state index in [-0.39, 0.29) is 12.6 Å². The number of nitrogens with zero attached hydrogens (tertiary/aromatic N) is 1. The molecule has 0 saturated heterocycles. The molecular weight excluding hydrogens is 222 g/mol. The van der Waals surface area contributed by atoms with E-state index in [4.69, 9.17) is 18.0 Å². The molecule has 1 aromatic rings. The minimum absolute atomic E-state index is 0.224. The molecular formula is C11H15N3OS. The highest BCUT2D eigenvalue weighted by Gasteiger charge is 2.09. The summed E-state index contributed by atoms with van der Waals surface area (Å²) in [6.45, 7) is 2.24. The lowest BCUT2D eigenvalue weighted by molar-refractivity contribution is 0.228. The van der Waals surface area contributed by atoms with Gasteiger partial charge in [-0.3, -0.25) is 0 Å². The zero-order valence-corrected chi connectivity index (χ0v) is 10.2. The Labute approximate surface area is 100 Å². The van der Waals surface area contributed by atoms with Crippen molar-refractivity contribution >= 4 is 28.9 Å². The van der Waals surface area contributed by atoms with Gasteiger partial charge in [-0.25, -0.2) is 4.79 Å². The van der Waals surface area contributed by atoms with Crippen LogP contribution in [-0.2, 0) is 0 Å². The molecule has 5 heteroatoms. The predicted molar refractivity (Wildman–Crippen MR) is 69.6 cm³/mol. The van der Waals surface area contributed by atoms with Gasteiger partial charge in [-0.2, -0.15) is 0 Å². The van der Waals surface area contributed by atoms with Gasteiger partial charge in [-0.05, 0) is 24.6 Å². The molecule has 1 rings (SSSR count). The van der Waals surface area contributed by atoms with E-state index in [2.05, 4.69) is 5.32 Å². The first-order valence-corrected chi connectivity index (χ1v) is 5.27. The molecule has 0 aliphatic carbocycles. The Morgan fingerprint density at radius 3 is 2.81 bits per heavy atom. The summed E-state index contributed by atoms with van der Waals surface area (Å²) in [6.07, 6.45) is 0. The monoisotopic (exact) mass is 237 g/mol. The van der Waals surface area contributed by atoms with E-state index in [1.54, 1.807) is 7.05 Å². The minimum atomic E-state index is -0.224. The van der Waals surface area contributed by atoms with Crippen LogP contribution in [0.25, 0.3) is 0 Å². The number of hydrogen-bond acceptors (Lipinski definition) is 2. The first-order valence-electron chi connectivity index (χ1n) is 4.86. The van der Waals surface area contributed by atoms with Gasteiger partial charge in [-0.1, -0.05) is 24.4 Å². The highest BCUT2D eigenvalue weighted by atomic mass is 32.1. The van der Waals surface area contributed by atoms with Crippen molar-refractivity contribution in [2.75, 3.05) is 18.9 Å². The number of likely N-dealkylation sites (N-methyl/N-ethyl adjacent to an activating group) is 1. The molecule has 0 spiro atoms. The van der Waals surface area contributed by atoms with Crippen molar-refractivity contribution in [3.63, 3.8) is 0 Å². The number of urea groups is 1. The van der Waals surface area contributed by atoms with E-state index in [0.29, 0.717) is 4.99 Å². The molecule has 0 fully saturated rings. The third kappa shape index (κ3) is 3.86. The van der Waals surface area contributed by atoms with Crippen molar-refractivity contribution in [3.8, 4) is 0 Å². The number of amides is 2. The Morgan fingerprint density at radius 1 is 1.56 bits per heavy atom. The minimum Gasteiger partial charge on any atom is -0.392 e. The fourth-order valence-corrected chi connectivity index (χ4v) is 1.44. The Balaban J connectivity index is 2.60. The second-order valence-corrected chi connectivity index (χ2v) is 4.15. The molecule has 3 N–H and O–H groups in total. The van der Waals surface area contributed by atoms with Crippen molar-refractivity contribution < 1.29 is 4.79 Å². The predicted octanol–water partition coefficient (Wildman–Crippen LogP) is 1.74. The zero-order chi connectivity index (χ0) is 12.1. The highest BCUT2D eigenvalue weighted by molar-refractivity contribution is 7.80. The average Bonchev–Trinajstić information content (AvgIpc) is 2.16. The Bertz CT molecular complexity index is 406. The molecule has 0 radical (unpaired) electrons. The maximum absolute atomic E-state index is 11.7. The van der Waals surface area contributed by atoms with Gasteiger partial charge in [0.25, 0.3) is 0 Å². The van der Waals surface area contributed by atoms with Crippen LogP contribution in [0.4, 0.5) is 10.5 Å².